The van der Waals surface area contributed by atoms with E-state index in [4.69, 9.17) is 21.1 Å². The third-order valence-electron chi connectivity index (χ3n) is 1.94. The highest BCUT2D eigenvalue weighted by molar-refractivity contribution is 7.80. The van der Waals surface area contributed by atoms with Gasteiger partial charge in [0.1, 0.15) is 6.61 Å². The van der Waals surface area contributed by atoms with Crippen LogP contribution in [-0.4, -0.2) is 25.3 Å². The molecule has 1 aromatic carbocycles. The van der Waals surface area contributed by atoms with Crippen LogP contribution in [0.1, 0.15) is 24.2 Å². The molecule has 0 spiro atoms. The van der Waals surface area contributed by atoms with Gasteiger partial charge in [0.25, 0.3) is 0 Å². The summed E-state index contributed by atoms with van der Waals surface area (Å²) in [5.74, 6) is -0.460. The van der Waals surface area contributed by atoms with E-state index in [9.17, 15) is 4.79 Å². The molecule has 0 bridgehead atoms. The topological polar surface area (TPSA) is 35.5 Å². The van der Waals surface area contributed by atoms with Gasteiger partial charge in [0.15, 0.2) is 0 Å². The van der Waals surface area contributed by atoms with Gasteiger partial charge in [-0.2, -0.15) is 0 Å². The summed E-state index contributed by atoms with van der Waals surface area (Å²) < 4.78 is 10.3. The quantitative estimate of drug-likeness (QED) is 0.509. The number of halogens is 1. The minimum absolute atomic E-state index is 0.123. The Balaban J connectivity index is 2.49. The third kappa shape index (κ3) is 4.98. The van der Waals surface area contributed by atoms with Crippen molar-refractivity contribution in [1.82, 2.24) is 0 Å². The second-order valence-electron chi connectivity index (χ2n) is 3.72. The summed E-state index contributed by atoms with van der Waals surface area (Å²) in [4.78, 5) is 12.3. The van der Waals surface area contributed by atoms with Crippen LogP contribution in [0.2, 0.25) is 5.02 Å². The van der Waals surface area contributed by atoms with Gasteiger partial charge in [-0.1, -0.05) is 11.6 Å². The molecule has 0 saturated heterocycles. The minimum Gasteiger partial charge on any atom is -0.460 e. The van der Waals surface area contributed by atoms with E-state index in [0.717, 1.165) is 0 Å². The van der Waals surface area contributed by atoms with Crippen LogP contribution in [0, 0.1) is 0 Å². The molecule has 0 N–H and O–H groups in total. The maximum Gasteiger partial charge on any atom is 0.339 e. The molecular formula is C12H15ClO3S. The number of hydrogen-bond donors (Lipinski definition) is 1. The highest BCUT2D eigenvalue weighted by atomic mass is 35.5. The van der Waals surface area contributed by atoms with Gasteiger partial charge in [0.05, 0.1) is 23.3 Å². The van der Waals surface area contributed by atoms with Crippen molar-refractivity contribution in [3.8, 4) is 0 Å². The van der Waals surface area contributed by atoms with Gasteiger partial charge in [-0.15, -0.1) is 12.6 Å². The standard InChI is InChI=1S/C12H15ClO3S/c1-8(2)15-5-6-16-12(14)10-7-9(17)3-4-11(10)13/h3-4,7-8,17H,5-6H2,1-2H3. The number of ether oxygens (including phenoxy) is 2. The fourth-order valence-electron chi connectivity index (χ4n) is 1.17. The maximum atomic E-state index is 11.7. The normalized spacial score (nSPS) is 10.6. The van der Waals surface area contributed by atoms with Crippen LogP contribution in [-0.2, 0) is 9.47 Å². The van der Waals surface area contributed by atoms with Crippen molar-refractivity contribution in [2.24, 2.45) is 0 Å². The first-order chi connectivity index (χ1) is 8.00. The third-order valence-corrected chi connectivity index (χ3v) is 2.55. The van der Waals surface area contributed by atoms with Crippen LogP contribution in [0.3, 0.4) is 0 Å². The number of esters is 1. The van der Waals surface area contributed by atoms with Crippen LogP contribution >= 0.6 is 24.2 Å². The van der Waals surface area contributed by atoms with Gasteiger partial charge in [-0.05, 0) is 32.0 Å². The first kappa shape index (κ1) is 14.4. The first-order valence-corrected chi connectivity index (χ1v) is 6.10. The van der Waals surface area contributed by atoms with E-state index in [1.807, 2.05) is 13.8 Å². The molecule has 0 aliphatic carbocycles. The van der Waals surface area contributed by atoms with Crippen LogP contribution in [0.4, 0.5) is 0 Å². The molecule has 0 aromatic heterocycles. The van der Waals surface area contributed by atoms with Crippen molar-refractivity contribution in [2.45, 2.75) is 24.8 Å². The van der Waals surface area contributed by atoms with E-state index >= 15 is 0 Å². The highest BCUT2D eigenvalue weighted by Gasteiger charge is 2.12. The van der Waals surface area contributed by atoms with Crippen molar-refractivity contribution in [3.05, 3.63) is 28.8 Å². The Morgan fingerprint density at radius 3 is 2.76 bits per heavy atom. The number of carbonyl (C=O) groups excluding carboxylic acids is 1. The molecule has 3 nitrogen and oxygen atoms in total. The Bertz CT molecular complexity index is 393. The lowest BCUT2D eigenvalue weighted by molar-refractivity contribution is 0.0177. The molecule has 0 heterocycles. The fraction of sp³-hybridized carbons (Fsp3) is 0.417. The predicted octanol–water partition coefficient (Wildman–Crippen LogP) is 3.21. The summed E-state index contributed by atoms with van der Waals surface area (Å²) >= 11 is 10.0. The van der Waals surface area contributed by atoms with Gasteiger partial charge in [0.2, 0.25) is 0 Å². The molecule has 0 amide bonds. The van der Waals surface area contributed by atoms with Gasteiger partial charge >= 0.3 is 5.97 Å². The van der Waals surface area contributed by atoms with Crippen LogP contribution in [0.5, 0.6) is 0 Å². The number of hydrogen-bond acceptors (Lipinski definition) is 4. The number of thiol groups is 1. The second-order valence-corrected chi connectivity index (χ2v) is 4.64. The molecule has 0 aliphatic rings. The van der Waals surface area contributed by atoms with E-state index in [2.05, 4.69) is 12.6 Å². The molecule has 0 aliphatic heterocycles. The van der Waals surface area contributed by atoms with E-state index in [0.29, 0.717) is 22.1 Å². The molecule has 0 fully saturated rings. The van der Waals surface area contributed by atoms with Gasteiger partial charge in [-0.25, -0.2) is 4.79 Å². The lowest BCUT2D eigenvalue weighted by Gasteiger charge is -2.09. The molecule has 17 heavy (non-hydrogen) atoms. The largest absolute Gasteiger partial charge is 0.460 e. The van der Waals surface area contributed by atoms with Crippen LogP contribution in [0.15, 0.2) is 23.1 Å². The van der Waals surface area contributed by atoms with E-state index in [1.54, 1.807) is 18.2 Å². The lowest BCUT2D eigenvalue weighted by atomic mass is 10.2. The zero-order chi connectivity index (χ0) is 12.8. The van der Waals surface area contributed by atoms with E-state index in [-0.39, 0.29) is 12.7 Å². The zero-order valence-corrected chi connectivity index (χ0v) is 11.4. The monoisotopic (exact) mass is 274 g/mol. The van der Waals surface area contributed by atoms with E-state index in [1.165, 1.54) is 0 Å². The van der Waals surface area contributed by atoms with Crippen molar-refractivity contribution in [3.63, 3.8) is 0 Å². The van der Waals surface area contributed by atoms with Crippen molar-refractivity contribution in [2.75, 3.05) is 13.2 Å². The number of rotatable bonds is 5. The summed E-state index contributed by atoms with van der Waals surface area (Å²) in [5.41, 5.74) is 0.323. The number of carbonyl (C=O) groups is 1. The molecule has 5 heteroatoms. The first-order valence-electron chi connectivity index (χ1n) is 5.28. The summed E-state index contributed by atoms with van der Waals surface area (Å²) in [5, 5.41) is 0.359. The van der Waals surface area contributed by atoms with Crippen molar-refractivity contribution < 1.29 is 14.3 Å². The second kappa shape index (κ2) is 6.89. The summed E-state index contributed by atoms with van der Waals surface area (Å²) in [7, 11) is 0. The van der Waals surface area contributed by atoms with Crippen LogP contribution in [0.25, 0.3) is 0 Å². The average molecular weight is 275 g/mol. The van der Waals surface area contributed by atoms with Crippen LogP contribution < -0.4 is 0 Å². The van der Waals surface area contributed by atoms with Gasteiger partial charge in [-0.3, -0.25) is 0 Å². The fourth-order valence-corrected chi connectivity index (χ4v) is 1.56. The highest BCUT2D eigenvalue weighted by Crippen LogP contribution is 2.20. The maximum absolute atomic E-state index is 11.7. The Labute approximate surface area is 111 Å². The Morgan fingerprint density at radius 1 is 1.41 bits per heavy atom. The Morgan fingerprint density at radius 2 is 2.12 bits per heavy atom. The molecule has 0 unspecified atom stereocenters. The number of benzene rings is 1. The summed E-state index contributed by atoms with van der Waals surface area (Å²) in [6.07, 6.45) is 0.123. The molecule has 94 valence electrons. The SMILES string of the molecule is CC(C)OCCOC(=O)c1cc(S)ccc1Cl. The smallest absolute Gasteiger partial charge is 0.339 e. The lowest BCUT2D eigenvalue weighted by Crippen LogP contribution is -2.13. The average Bonchev–Trinajstić information content (AvgIpc) is 2.27. The van der Waals surface area contributed by atoms with E-state index < -0.39 is 5.97 Å². The van der Waals surface area contributed by atoms with Gasteiger partial charge < -0.3 is 9.47 Å². The molecule has 0 radical (unpaired) electrons. The molecule has 0 atom stereocenters. The molecule has 1 rings (SSSR count). The zero-order valence-electron chi connectivity index (χ0n) is 9.77. The van der Waals surface area contributed by atoms with Gasteiger partial charge in [0, 0.05) is 4.90 Å². The molecule has 1 aromatic rings. The van der Waals surface area contributed by atoms with Crippen molar-refractivity contribution >= 4 is 30.2 Å². The summed E-state index contributed by atoms with van der Waals surface area (Å²) in [6, 6.07) is 4.91. The molecule has 0 saturated carbocycles. The minimum atomic E-state index is -0.460. The molecular weight excluding hydrogens is 260 g/mol. The summed E-state index contributed by atoms with van der Waals surface area (Å²) in [6.45, 7) is 4.43. The predicted molar refractivity (Wildman–Crippen MR) is 70.1 cm³/mol. The Kier molecular flexibility index (Phi) is 5.82. The van der Waals surface area contributed by atoms with Crippen molar-refractivity contribution in [1.29, 1.82) is 0 Å². The Hall–Kier alpha value is -0.710.